The number of aliphatic hydroxyl groups is 1. The Hall–Kier alpha value is -2.15. The second-order valence-corrected chi connectivity index (χ2v) is 3.47. The Kier molecular flexibility index (Phi) is 4.00. The molecule has 0 spiro atoms. The number of rotatable bonds is 4. The van der Waals surface area contributed by atoms with Crippen LogP contribution in [0.1, 0.15) is 17.4 Å². The number of aliphatic hydroxyl groups excluding tert-OH is 1. The highest BCUT2D eigenvalue weighted by molar-refractivity contribution is 5.99. The highest BCUT2D eigenvalue weighted by atomic mass is 16.4. The van der Waals surface area contributed by atoms with Gasteiger partial charge in [-0.05, 0) is 19.1 Å². The van der Waals surface area contributed by atoms with Crippen LogP contribution < -0.4 is 11.1 Å². The zero-order valence-corrected chi connectivity index (χ0v) is 9.12. The quantitative estimate of drug-likeness (QED) is 0.546. The van der Waals surface area contributed by atoms with Gasteiger partial charge in [-0.1, -0.05) is 0 Å². The summed E-state index contributed by atoms with van der Waals surface area (Å²) in [6, 6.07) is 1.62. The molecule has 1 heterocycles. The minimum Gasteiger partial charge on any atom is -0.480 e. The first-order chi connectivity index (χ1) is 7.93. The fraction of sp³-hybridized carbons (Fsp3) is 0.300. The van der Waals surface area contributed by atoms with Gasteiger partial charge in [0.2, 0.25) is 0 Å². The van der Waals surface area contributed by atoms with Crippen LogP contribution in [-0.2, 0) is 4.79 Å². The summed E-state index contributed by atoms with van der Waals surface area (Å²) in [6.45, 7) is 1.26. The molecular formula is C10H13N3O4. The molecule has 0 fully saturated rings. The van der Waals surface area contributed by atoms with Crippen molar-refractivity contribution < 1.29 is 19.8 Å². The zero-order chi connectivity index (χ0) is 13.0. The average molecular weight is 239 g/mol. The van der Waals surface area contributed by atoms with Gasteiger partial charge in [0.1, 0.15) is 0 Å². The molecule has 0 aliphatic heterocycles. The summed E-state index contributed by atoms with van der Waals surface area (Å²) in [5.74, 6) is -2.07. The zero-order valence-electron chi connectivity index (χ0n) is 9.12. The van der Waals surface area contributed by atoms with E-state index in [4.69, 9.17) is 10.8 Å². The molecule has 0 aliphatic carbocycles. The molecule has 5 N–H and O–H groups in total. The van der Waals surface area contributed by atoms with E-state index in [9.17, 15) is 14.7 Å². The molecule has 17 heavy (non-hydrogen) atoms. The SMILES string of the molecule is C[C@@H](O)[C@H](NC(=O)c1ncccc1N)C(=O)O. The minimum absolute atomic E-state index is 0.0700. The fourth-order valence-corrected chi connectivity index (χ4v) is 1.21. The normalized spacial score (nSPS) is 13.8. The molecule has 0 saturated heterocycles. The van der Waals surface area contributed by atoms with Crippen LogP contribution in [0.15, 0.2) is 18.3 Å². The predicted octanol–water partition coefficient (Wildman–Crippen LogP) is -0.772. The summed E-state index contributed by atoms with van der Waals surface area (Å²) in [4.78, 5) is 26.2. The number of hydrogen-bond donors (Lipinski definition) is 4. The number of carboxylic acid groups (broad SMARTS) is 1. The number of carboxylic acids is 1. The van der Waals surface area contributed by atoms with Crippen molar-refractivity contribution in [1.29, 1.82) is 0 Å². The minimum atomic E-state index is -1.40. The van der Waals surface area contributed by atoms with Crippen molar-refractivity contribution in [2.75, 3.05) is 5.73 Å². The lowest BCUT2D eigenvalue weighted by Crippen LogP contribution is -2.47. The number of nitrogen functional groups attached to an aromatic ring is 1. The Bertz CT molecular complexity index is 433. The lowest BCUT2D eigenvalue weighted by atomic mass is 10.1. The summed E-state index contributed by atoms with van der Waals surface area (Å²) in [7, 11) is 0. The number of carbonyl (C=O) groups is 2. The van der Waals surface area contributed by atoms with Crippen LogP contribution in [0.4, 0.5) is 5.69 Å². The molecule has 2 atom stereocenters. The standard InChI is InChI=1S/C10H13N3O4/c1-5(14)7(10(16)17)13-9(15)8-6(11)3-2-4-12-8/h2-5,7,14H,11H2,1H3,(H,13,15)(H,16,17)/t5-,7+/m1/s1. The molecule has 0 aromatic carbocycles. The van der Waals surface area contributed by atoms with Gasteiger partial charge >= 0.3 is 5.97 Å². The Morgan fingerprint density at radius 3 is 2.65 bits per heavy atom. The van der Waals surface area contributed by atoms with Crippen LogP contribution in [-0.4, -0.2) is 39.2 Å². The van der Waals surface area contributed by atoms with E-state index >= 15 is 0 Å². The van der Waals surface area contributed by atoms with E-state index < -0.39 is 24.0 Å². The topological polar surface area (TPSA) is 126 Å². The highest BCUT2D eigenvalue weighted by Crippen LogP contribution is 2.07. The summed E-state index contributed by atoms with van der Waals surface area (Å²) >= 11 is 0. The number of pyridine rings is 1. The number of nitrogens with two attached hydrogens (primary N) is 1. The number of amides is 1. The van der Waals surface area contributed by atoms with E-state index in [-0.39, 0.29) is 11.4 Å². The van der Waals surface area contributed by atoms with Crippen molar-refractivity contribution in [2.45, 2.75) is 19.1 Å². The van der Waals surface area contributed by atoms with E-state index in [0.717, 1.165) is 0 Å². The number of hydrogen-bond acceptors (Lipinski definition) is 5. The molecule has 0 radical (unpaired) electrons. The van der Waals surface area contributed by atoms with Gasteiger partial charge in [0.05, 0.1) is 11.8 Å². The van der Waals surface area contributed by atoms with Gasteiger partial charge in [0, 0.05) is 6.20 Å². The maximum absolute atomic E-state index is 11.7. The van der Waals surface area contributed by atoms with Gasteiger partial charge in [0.25, 0.3) is 5.91 Å². The third-order valence-electron chi connectivity index (χ3n) is 2.09. The average Bonchev–Trinajstić information content (AvgIpc) is 2.25. The molecule has 0 bridgehead atoms. The summed E-state index contributed by atoms with van der Waals surface area (Å²) < 4.78 is 0. The maximum atomic E-state index is 11.7. The molecule has 1 aromatic heterocycles. The molecule has 0 aliphatic rings. The van der Waals surface area contributed by atoms with E-state index in [1.165, 1.54) is 19.2 Å². The first-order valence-electron chi connectivity index (χ1n) is 4.85. The van der Waals surface area contributed by atoms with Gasteiger partial charge in [0.15, 0.2) is 11.7 Å². The van der Waals surface area contributed by atoms with Crippen molar-refractivity contribution in [1.82, 2.24) is 10.3 Å². The monoisotopic (exact) mass is 239 g/mol. The largest absolute Gasteiger partial charge is 0.480 e. The van der Waals surface area contributed by atoms with Crippen LogP contribution in [0.2, 0.25) is 0 Å². The predicted molar refractivity (Wildman–Crippen MR) is 59.2 cm³/mol. The Balaban J connectivity index is 2.85. The Labute approximate surface area is 97.3 Å². The molecule has 1 rings (SSSR count). The Morgan fingerprint density at radius 1 is 1.53 bits per heavy atom. The second kappa shape index (κ2) is 5.26. The third-order valence-corrected chi connectivity index (χ3v) is 2.09. The van der Waals surface area contributed by atoms with Gasteiger partial charge < -0.3 is 21.3 Å². The van der Waals surface area contributed by atoms with Crippen LogP contribution >= 0.6 is 0 Å². The van der Waals surface area contributed by atoms with Crippen molar-refractivity contribution in [3.8, 4) is 0 Å². The van der Waals surface area contributed by atoms with Crippen LogP contribution in [0, 0.1) is 0 Å². The van der Waals surface area contributed by atoms with Crippen molar-refractivity contribution >= 4 is 17.6 Å². The van der Waals surface area contributed by atoms with E-state index in [0.29, 0.717) is 0 Å². The van der Waals surface area contributed by atoms with Gasteiger partial charge in [-0.2, -0.15) is 0 Å². The number of nitrogens with zero attached hydrogens (tertiary/aromatic N) is 1. The molecule has 1 amide bonds. The van der Waals surface area contributed by atoms with E-state index in [2.05, 4.69) is 10.3 Å². The van der Waals surface area contributed by atoms with Gasteiger partial charge in [-0.25, -0.2) is 9.78 Å². The van der Waals surface area contributed by atoms with Gasteiger partial charge in [-0.3, -0.25) is 4.79 Å². The molecule has 0 unspecified atom stereocenters. The lowest BCUT2D eigenvalue weighted by molar-refractivity contribution is -0.141. The first-order valence-corrected chi connectivity index (χ1v) is 4.85. The summed E-state index contributed by atoms with van der Waals surface area (Å²) in [5.41, 5.74) is 5.58. The number of aromatic nitrogens is 1. The van der Waals surface area contributed by atoms with Crippen molar-refractivity contribution in [3.63, 3.8) is 0 Å². The number of carbonyl (C=O) groups excluding carboxylic acids is 1. The summed E-state index contributed by atoms with van der Waals surface area (Å²) in [5, 5.41) is 20.1. The summed E-state index contributed by atoms with van der Waals surface area (Å²) in [6.07, 6.45) is 0.144. The third kappa shape index (κ3) is 3.15. The van der Waals surface area contributed by atoms with Gasteiger partial charge in [-0.15, -0.1) is 0 Å². The molecule has 92 valence electrons. The molecule has 0 saturated carbocycles. The lowest BCUT2D eigenvalue weighted by Gasteiger charge is -2.17. The van der Waals surface area contributed by atoms with Crippen LogP contribution in [0.5, 0.6) is 0 Å². The van der Waals surface area contributed by atoms with Crippen LogP contribution in [0.25, 0.3) is 0 Å². The maximum Gasteiger partial charge on any atom is 0.328 e. The molecule has 7 nitrogen and oxygen atoms in total. The van der Waals surface area contributed by atoms with E-state index in [1.807, 2.05) is 0 Å². The smallest absolute Gasteiger partial charge is 0.328 e. The van der Waals surface area contributed by atoms with Crippen molar-refractivity contribution in [2.24, 2.45) is 0 Å². The highest BCUT2D eigenvalue weighted by Gasteiger charge is 2.26. The van der Waals surface area contributed by atoms with Crippen molar-refractivity contribution in [3.05, 3.63) is 24.0 Å². The molecular weight excluding hydrogens is 226 g/mol. The number of nitrogens with one attached hydrogen (secondary N) is 1. The fourth-order valence-electron chi connectivity index (χ4n) is 1.21. The second-order valence-electron chi connectivity index (χ2n) is 3.47. The van der Waals surface area contributed by atoms with E-state index in [1.54, 1.807) is 6.07 Å². The van der Waals surface area contributed by atoms with Crippen LogP contribution in [0.3, 0.4) is 0 Å². The molecule has 1 aromatic rings. The molecule has 7 heteroatoms. The number of anilines is 1. The number of aliphatic carboxylic acids is 1. The Morgan fingerprint density at radius 2 is 2.18 bits per heavy atom. The first kappa shape index (κ1) is 12.9.